The molecule has 0 amide bonds. The molecule has 1 heteroatoms. The van der Waals surface area contributed by atoms with Crippen LogP contribution in [-0.2, 0) is 6.42 Å². The van der Waals surface area contributed by atoms with Crippen LogP contribution in [0.25, 0.3) is 0 Å². The highest BCUT2D eigenvalue weighted by Gasteiger charge is 2.24. The molecule has 2 rings (SSSR count). The maximum Gasteiger partial charge on any atom is 0.0406 e. The molecule has 0 fully saturated rings. The summed E-state index contributed by atoms with van der Waals surface area (Å²) in [4.78, 5) is 0. The van der Waals surface area contributed by atoms with Gasteiger partial charge in [-0.1, -0.05) is 17.7 Å². The van der Waals surface area contributed by atoms with Crippen molar-refractivity contribution in [1.82, 2.24) is 0 Å². The van der Waals surface area contributed by atoms with Gasteiger partial charge in [0.2, 0.25) is 0 Å². The summed E-state index contributed by atoms with van der Waals surface area (Å²) in [5.74, 6) is 0. The van der Waals surface area contributed by atoms with Crippen LogP contribution in [0.5, 0.6) is 0 Å². The van der Waals surface area contributed by atoms with Gasteiger partial charge in [0.25, 0.3) is 0 Å². The molecule has 1 aliphatic rings. The second kappa shape index (κ2) is 3.01. The predicted molar refractivity (Wildman–Crippen MR) is 61.9 cm³/mol. The van der Waals surface area contributed by atoms with Crippen molar-refractivity contribution in [1.29, 1.82) is 0 Å². The Morgan fingerprint density at radius 1 is 1.21 bits per heavy atom. The topological polar surface area (TPSA) is 12.0 Å². The highest BCUT2D eigenvalue weighted by atomic mass is 15.0. The minimum absolute atomic E-state index is 0.257. The zero-order chi connectivity index (χ0) is 10.3. The quantitative estimate of drug-likeness (QED) is 0.659. The lowest BCUT2D eigenvalue weighted by Crippen LogP contribution is -2.35. The maximum atomic E-state index is 3.63. The van der Waals surface area contributed by atoms with Gasteiger partial charge in [-0.3, -0.25) is 0 Å². The van der Waals surface area contributed by atoms with E-state index in [9.17, 15) is 0 Å². The standard InChI is InChI=1S/C13H19N/c1-9-7-10(2)12-11(8-9)5-6-13(3,4)14-12/h7-8,14H,5-6H2,1-4H3. The number of aryl methyl sites for hydroxylation is 3. The predicted octanol–water partition coefficient (Wildman–Crippen LogP) is 3.44. The van der Waals surface area contributed by atoms with Crippen LogP contribution in [0.1, 0.15) is 37.0 Å². The van der Waals surface area contributed by atoms with Crippen LogP contribution in [0.15, 0.2) is 12.1 Å². The van der Waals surface area contributed by atoms with E-state index in [1.807, 2.05) is 0 Å². The van der Waals surface area contributed by atoms with Crippen molar-refractivity contribution in [2.75, 3.05) is 5.32 Å². The van der Waals surface area contributed by atoms with Crippen molar-refractivity contribution in [3.63, 3.8) is 0 Å². The maximum absolute atomic E-state index is 3.63. The summed E-state index contributed by atoms with van der Waals surface area (Å²) in [5.41, 5.74) is 5.87. The van der Waals surface area contributed by atoms with Crippen molar-refractivity contribution < 1.29 is 0 Å². The molecular weight excluding hydrogens is 170 g/mol. The van der Waals surface area contributed by atoms with Crippen LogP contribution in [0.2, 0.25) is 0 Å². The number of hydrogen-bond acceptors (Lipinski definition) is 1. The van der Waals surface area contributed by atoms with E-state index in [-0.39, 0.29) is 5.54 Å². The molecular formula is C13H19N. The van der Waals surface area contributed by atoms with Crippen LogP contribution >= 0.6 is 0 Å². The van der Waals surface area contributed by atoms with Gasteiger partial charge in [-0.25, -0.2) is 0 Å². The van der Waals surface area contributed by atoms with E-state index in [1.165, 1.54) is 35.2 Å². The Kier molecular flexibility index (Phi) is 2.06. The summed E-state index contributed by atoms with van der Waals surface area (Å²) in [5, 5.41) is 3.63. The third-order valence-electron chi connectivity index (χ3n) is 3.04. The molecule has 1 aliphatic heterocycles. The molecule has 1 heterocycles. The molecule has 1 aromatic rings. The van der Waals surface area contributed by atoms with Crippen molar-refractivity contribution in [2.45, 2.75) is 46.1 Å². The van der Waals surface area contributed by atoms with Crippen LogP contribution in [0, 0.1) is 13.8 Å². The van der Waals surface area contributed by atoms with Gasteiger partial charge in [-0.2, -0.15) is 0 Å². The zero-order valence-electron chi connectivity index (χ0n) is 9.57. The first-order valence-corrected chi connectivity index (χ1v) is 5.36. The van der Waals surface area contributed by atoms with Gasteiger partial charge >= 0.3 is 0 Å². The molecule has 0 spiro atoms. The van der Waals surface area contributed by atoms with Crippen molar-refractivity contribution >= 4 is 5.69 Å². The smallest absolute Gasteiger partial charge is 0.0406 e. The largest absolute Gasteiger partial charge is 0.380 e. The number of rotatable bonds is 0. The van der Waals surface area contributed by atoms with Crippen LogP contribution in [-0.4, -0.2) is 5.54 Å². The number of fused-ring (bicyclic) bond motifs is 1. The molecule has 14 heavy (non-hydrogen) atoms. The molecule has 1 aromatic carbocycles. The first-order valence-electron chi connectivity index (χ1n) is 5.36. The number of nitrogens with one attached hydrogen (secondary N) is 1. The normalized spacial score (nSPS) is 18.6. The van der Waals surface area contributed by atoms with Gasteiger partial charge in [-0.15, -0.1) is 0 Å². The minimum Gasteiger partial charge on any atom is -0.380 e. The lowest BCUT2D eigenvalue weighted by atomic mass is 9.87. The monoisotopic (exact) mass is 189 g/mol. The molecule has 0 atom stereocenters. The van der Waals surface area contributed by atoms with E-state index < -0.39 is 0 Å². The zero-order valence-corrected chi connectivity index (χ0v) is 9.57. The number of hydrogen-bond donors (Lipinski definition) is 1. The Labute approximate surface area is 86.5 Å². The van der Waals surface area contributed by atoms with Crippen LogP contribution in [0.4, 0.5) is 5.69 Å². The summed E-state index contributed by atoms with van der Waals surface area (Å²) >= 11 is 0. The summed E-state index contributed by atoms with van der Waals surface area (Å²) < 4.78 is 0. The first kappa shape index (κ1) is 9.57. The molecule has 0 aliphatic carbocycles. The molecule has 0 bridgehead atoms. The van der Waals surface area contributed by atoms with Crippen LogP contribution in [0.3, 0.4) is 0 Å². The van der Waals surface area contributed by atoms with Crippen LogP contribution < -0.4 is 5.32 Å². The number of benzene rings is 1. The highest BCUT2D eigenvalue weighted by Crippen LogP contribution is 2.33. The van der Waals surface area contributed by atoms with Gasteiger partial charge in [0.1, 0.15) is 0 Å². The van der Waals surface area contributed by atoms with Gasteiger partial charge in [-0.05, 0) is 51.7 Å². The van der Waals surface area contributed by atoms with Gasteiger partial charge in [0.05, 0.1) is 0 Å². The van der Waals surface area contributed by atoms with Crippen molar-refractivity contribution in [2.24, 2.45) is 0 Å². The lowest BCUT2D eigenvalue weighted by molar-refractivity contribution is 0.501. The Hall–Kier alpha value is -0.980. The summed E-state index contributed by atoms with van der Waals surface area (Å²) in [6.07, 6.45) is 2.43. The molecule has 0 saturated heterocycles. The second-order valence-electron chi connectivity index (χ2n) is 5.12. The molecule has 0 radical (unpaired) electrons. The van der Waals surface area contributed by atoms with E-state index in [4.69, 9.17) is 0 Å². The first-order chi connectivity index (χ1) is 6.48. The highest BCUT2D eigenvalue weighted by molar-refractivity contribution is 5.61. The van der Waals surface area contributed by atoms with Gasteiger partial charge in [0, 0.05) is 11.2 Å². The van der Waals surface area contributed by atoms with Gasteiger partial charge < -0.3 is 5.32 Å². The van der Waals surface area contributed by atoms with E-state index in [2.05, 4.69) is 45.1 Å². The van der Waals surface area contributed by atoms with E-state index >= 15 is 0 Å². The van der Waals surface area contributed by atoms with Crippen molar-refractivity contribution in [3.05, 3.63) is 28.8 Å². The second-order valence-corrected chi connectivity index (χ2v) is 5.12. The SMILES string of the molecule is Cc1cc(C)c2c(c1)CCC(C)(C)N2. The fourth-order valence-electron chi connectivity index (χ4n) is 2.28. The summed E-state index contributed by atoms with van der Waals surface area (Å²) in [6, 6.07) is 4.57. The van der Waals surface area contributed by atoms with E-state index in [0.717, 1.165) is 0 Å². The fraction of sp³-hybridized carbons (Fsp3) is 0.538. The Bertz CT molecular complexity index is 364. The number of anilines is 1. The third-order valence-corrected chi connectivity index (χ3v) is 3.04. The molecule has 0 unspecified atom stereocenters. The minimum atomic E-state index is 0.257. The fourth-order valence-corrected chi connectivity index (χ4v) is 2.28. The van der Waals surface area contributed by atoms with Crippen molar-refractivity contribution in [3.8, 4) is 0 Å². The third kappa shape index (κ3) is 1.63. The van der Waals surface area contributed by atoms with Gasteiger partial charge in [0.15, 0.2) is 0 Å². The van der Waals surface area contributed by atoms with E-state index in [0.29, 0.717) is 0 Å². The molecule has 76 valence electrons. The summed E-state index contributed by atoms with van der Waals surface area (Å²) in [7, 11) is 0. The lowest BCUT2D eigenvalue weighted by Gasteiger charge is -2.35. The average molecular weight is 189 g/mol. The Morgan fingerprint density at radius 2 is 1.93 bits per heavy atom. The summed E-state index contributed by atoms with van der Waals surface area (Å²) in [6.45, 7) is 8.91. The Balaban J connectivity index is 2.47. The average Bonchev–Trinajstić information content (AvgIpc) is 2.06. The molecule has 0 aromatic heterocycles. The molecule has 1 N–H and O–H groups in total. The van der Waals surface area contributed by atoms with E-state index in [1.54, 1.807) is 0 Å². The Morgan fingerprint density at radius 3 is 2.64 bits per heavy atom. The molecule has 1 nitrogen and oxygen atoms in total. The molecule has 0 saturated carbocycles.